The molecule has 0 atom stereocenters. The molecule has 0 bridgehead atoms. The molecule has 1 aromatic rings. The van der Waals surface area contributed by atoms with Crippen molar-refractivity contribution in [2.45, 2.75) is 49.5 Å². The van der Waals surface area contributed by atoms with Gasteiger partial charge in [0.2, 0.25) is 10.0 Å². The fraction of sp³-hybridized carbons (Fsp3) is 0.667. The molecule has 1 N–H and O–H groups in total. The van der Waals surface area contributed by atoms with Crippen molar-refractivity contribution in [1.82, 2.24) is 9.62 Å². The van der Waals surface area contributed by atoms with Gasteiger partial charge in [-0.1, -0.05) is 36.9 Å². The lowest BCUT2D eigenvalue weighted by Gasteiger charge is -2.48. The van der Waals surface area contributed by atoms with E-state index < -0.39 is 10.0 Å². The van der Waals surface area contributed by atoms with Crippen LogP contribution in [0.15, 0.2) is 23.1 Å². The second-order valence-electron chi connectivity index (χ2n) is 7.12. The Morgan fingerprint density at radius 2 is 1.88 bits per heavy atom. The van der Waals surface area contributed by atoms with Crippen LogP contribution in [0, 0.1) is 6.92 Å². The zero-order valence-corrected chi connectivity index (χ0v) is 16.3. The van der Waals surface area contributed by atoms with Gasteiger partial charge in [0.25, 0.3) is 0 Å². The number of hydrogen-bond acceptors (Lipinski definition) is 4. The molecule has 0 radical (unpaired) electrons. The average molecular weight is 387 g/mol. The number of halogens is 1. The summed E-state index contributed by atoms with van der Waals surface area (Å²) in [6.07, 6.45) is 5.59. The highest BCUT2D eigenvalue weighted by Crippen LogP contribution is 2.34. The molecule has 1 aliphatic carbocycles. The molecule has 0 aromatic heterocycles. The molecule has 25 heavy (non-hydrogen) atoms. The van der Waals surface area contributed by atoms with Crippen molar-refractivity contribution < 1.29 is 13.2 Å². The highest BCUT2D eigenvalue weighted by atomic mass is 35.5. The molecule has 0 spiro atoms. The third-order valence-corrected chi connectivity index (χ3v) is 7.32. The van der Waals surface area contributed by atoms with Gasteiger partial charge >= 0.3 is 0 Å². The number of nitrogens with zero attached hydrogens (tertiary/aromatic N) is 1. The van der Waals surface area contributed by atoms with Crippen molar-refractivity contribution in [3.8, 4) is 0 Å². The van der Waals surface area contributed by atoms with E-state index >= 15 is 0 Å². The molecule has 1 aliphatic heterocycles. The van der Waals surface area contributed by atoms with Crippen LogP contribution >= 0.6 is 11.6 Å². The molecule has 1 heterocycles. The minimum Gasteiger partial charge on any atom is -0.379 e. The van der Waals surface area contributed by atoms with Gasteiger partial charge in [0.15, 0.2) is 0 Å². The van der Waals surface area contributed by atoms with E-state index in [2.05, 4.69) is 9.62 Å². The fourth-order valence-corrected chi connectivity index (χ4v) is 5.30. The van der Waals surface area contributed by atoms with Gasteiger partial charge in [-0.2, -0.15) is 0 Å². The average Bonchev–Trinajstić information content (AvgIpc) is 2.64. The van der Waals surface area contributed by atoms with E-state index in [1.165, 1.54) is 12.5 Å². The van der Waals surface area contributed by atoms with E-state index in [1.807, 2.05) is 6.92 Å². The van der Waals surface area contributed by atoms with Crippen molar-refractivity contribution in [2.24, 2.45) is 0 Å². The summed E-state index contributed by atoms with van der Waals surface area (Å²) in [5, 5.41) is 0.475. The normalized spacial score (nSPS) is 22.0. The molecule has 1 saturated heterocycles. The molecular formula is C18H27ClN2O3S. The summed E-state index contributed by atoms with van der Waals surface area (Å²) < 4.78 is 33.8. The molecule has 140 valence electrons. The number of morpholine rings is 1. The Kier molecular flexibility index (Phi) is 6.06. The quantitative estimate of drug-likeness (QED) is 0.845. The summed E-state index contributed by atoms with van der Waals surface area (Å²) in [5.41, 5.74) is 0.779. The van der Waals surface area contributed by atoms with Gasteiger partial charge in [0, 0.05) is 30.2 Å². The Labute approximate surface area is 155 Å². The third kappa shape index (κ3) is 4.37. The maximum Gasteiger partial charge on any atom is 0.240 e. The smallest absolute Gasteiger partial charge is 0.240 e. The molecular weight excluding hydrogens is 360 g/mol. The minimum atomic E-state index is -3.57. The number of aryl methyl sites for hydroxylation is 1. The summed E-state index contributed by atoms with van der Waals surface area (Å²) in [6, 6.07) is 4.89. The van der Waals surface area contributed by atoms with Gasteiger partial charge in [-0.3, -0.25) is 4.90 Å². The molecule has 2 fully saturated rings. The number of hydrogen-bond donors (Lipinski definition) is 1. The summed E-state index contributed by atoms with van der Waals surface area (Å²) in [6.45, 7) is 5.50. The maximum atomic E-state index is 12.8. The van der Waals surface area contributed by atoms with E-state index in [0.717, 1.165) is 57.6 Å². The van der Waals surface area contributed by atoms with Gasteiger partial charge in [-0.25, -0.2) is 13.1 Å². The number of ether oxygens (including phenoxy) is 1. The Morgan fingerprint density at radius 1 is 1.20 bits per heavy atom. The van der Waals surface area contributed by atoms with Gasteiger partial charge < -0.3 is 4.74 Å². The standard InChI is InChI=1S/C18H27ClN2O3S/c1-15-5-6-16(13-17(15)19)25(22,23)20-14-18(7-3-2-4-8-18)21-9-11-24-12-10-21/h5-6,13,20H,2-4,7-12,14H2,1H3. The summed E-state index contributed by atoms with van der Waals surface area (Å²) >= 11 is 6.10. The molecule has 0 amide bonds. The number of benzene rings is 1. The van der Waals surface area contributed by atoms with Crippen molar-refractivity contribution in [3.05, 3.63) is 28.8 Å². The van der Waals surface area contributed by atoms with Gasteiger partial charge in [0.05, 0.1) is 18.1 Å². The number of sulfonamides is 1. The van der Waals surface area contributed by atoms with Gasteiger partial charge in [0.1, 0.15) is 0 Å². The van der Waals surface area contributed by atoms with Crippen LogP contribution < -0.4 is 4.72 Å². The zero-order chi connectivity index (χ0) is 17.9. The van der Waals surface area contributed by atoms with Crippen molar-refractivity contribution in [2.75, 3.05) is 32.8 Å². The summed E-state index contributed by atoms with van der Waals surface area (Å²) in [5.74, 6) is 0. The van der Waals surface area contributed by atoms with Crippen LogP contribution in [0.5, 0.6) is 0 Å². The molecule has 5 nitrogen and oxygen atoms in total. The van der Waals surface area contributed by atoms with Crippen LogP contribution in [-0.4, -0.2) is 51.7 Å². The third-order valence-electron chi connectivity index (χ3n) is 5.51. The molecule has 3 rings (SSSR count). The van der Waals surface area contributed by atoms with Crippen LogP contribution in [0.1, 0.15) is 37.7 Å². The van der Waals surface area contributed by atoms with Crippen molar-refractivity contribution >= 4 is 21.6 Å². The van der Waals surface area contributed by atoms with Gasteiger partial charge in [-0.05, 0) is 37.5 Å². The first-order valence-electron chi connectivity index (χ1n) is 9.02. The van der Waals surface area contributed by atoms with E-state index in [0.29, 0.717) is 11.6 Å². The Morgan fingerprint density at radius 3 is 2.52 bits per heavy atom. The number of nitrogens with one attached hydrogen (secondary N) is 1. The van der Waals surface area contributed by atoms with Crippen LogP contribution in [0.25, 0.3) is 0 Å². The maximum absolute atomic E-state index is 12.8. The predicted octanol–water partition coefficient (Wildman–Crippen LogP) is 2.96. The number of rotatable bonds is 5. The lowest BCUT2D eigenvalue weighted by molar-refractivity contribution is -0.0348. The molecule has 7 heteroatoms. The van der Waals surface area contributed by atoms with E-state index in [4.69, 9.17) is 16.3 Å². The topological polar surface area (TPSA) is 58.6 Å². The Bertz CT molecular complexity index is 696. The van der Waals surface area contributed by atoms with Crippen molar-refractivity contribution in [1.29, 1.82) is 0 Å². The van der Waals surface area contributed by atoms with Crippen LogP contribution in [0.4, 0.5) is 0 Å². The highest BCUT2D eigenvalue weighted by molar-refractivity contribution is 7.89. The molecule has 2 aliphatic rings. The summed E-state index contributed by atoms with van der Waals surface area (Å²) in [4.78, 5) is 2.66. The Balaban J connectivity index is 1.76. The second-order valence-corrected chi connectivity index (χ2v) is 9.29. The largest absolute Gasteiger partial charge is 0.379 e. The first-order valence-corrected chi connectivity index (χ1v) is 10.9. The fourth-order valence-electron chi connectivity index (χ4n) is 3.91. The predicted molar refractivity (Wildman–Crippen MR) is 99.6 cm³/mol. The van der Waals surface area contributed by atoms with E-state index in [-0.39, 0.29) is 10.4 Å². The van der Waals surface area contributed by atoms with Crippen LogP contribution in [0.3, 0.4) is 0 Å². The first-order chi connectivity index (χ1) is 11.9. The SMILES string of the molecule is Cc1ccc(S(=O)(=O)NCC2(N3CCOCC3)CCCCC2)cc1Cl. The minimum absolute atomic E-state index is 0.0937. The molecule has 1 saturated carbocycles. The highest BCUT2D eigenvalue weighted by Gasteiger charge is 2.39. The molecule has 0 unspecified atom stereocenters. The lowest BCUT2D eigenvalue weighted by atomic mass is 9.80. The van der Waals surface area contributed by atoms with Crippen molar-refractivity contribution in [3.63, 3.8) is 0 Å². The first kappa shape index (κ1) is 19.1. The zero-order valence-electron chi connectivity index (χ0n) is 14.8. The second kappa shape index (κ2) is 7.92. The molecule has 1 aromatic carbocycles. The van der Waals surface area contributed by atoms with Crippen LogP contribution in [-0.2, 0) is 14.8 Å². The monoisotopic (exact) mass is 386 g/mol. The Hall–Kier alpha value is -0.660. The van der Waals surface area contributed by atoms with E-state index in [9.17, 15) is 8.42 Å². The summed E-state index contributed by atoms with van der Waals surface area (Å²) in [7, 11) is -3.57. The lowest BCUT2D eigenvalue weighted by Crippen LogP contribution is -2.59. The van der Waals surface area contributed by atoms with Crippen LogP contribution in [0.2, 0.25) is 5.02 Å². The van der Waals surface area contributed by atoms with Gasteiger partial charge in [-0.15, -0.1) is 0 Å². The van der Waals surface area contributed by atoms with E-state index in [1.54, 1.807) is 12.1 Å².